The molecule has 0 radical (unpaired) electrons. The molecule has 0 aliphatic rings. The summed E-state index contributed by atoms with van der Waals surface area (Å²) in [6.07, 6.45) is -4.38. The number of imidazole rings is 1. The van der Waals surface area contributed by atoms with Gasteiger partial charge in [0.1, 0.15) is 11.6 Å². The highest BCUT2D eigenvalue weighted by Crippen LogP contribution is 2.30. The summed E-state index contributed by atoms with van der Waals surface area (Å²) in [5, 5.41) is 0.242. The van der Waals surface area contributed by atoms with Gasteiger partial charge in [-0.1, -0.05) is 29.5 Å². The van der Waals surface area contributed by atoms with E-state index in [9.17, 15) is 17.6 Å². The fourth-order valence-corrected chi connectivity index (χ4v) is 3.07. The topological polar surface area (TPSA) is 28.7 Å². The van der Waals surface area contributed by atoms with Gasteiger partial charge in [-0.15, -0.1) is 0 Å². The zero-order valence-corrected chi connectivity index (χ0v) is 15.4. The third-order valence-corrected chi connectivity index (χ3v) is 4.56. The van der Waals surface area contributed by atoms with E-state index >= 15 is 0 Å². The number of fused-ring (bicyclic) bond motifs is 1. The summed E-state index contributed by atoms with van der Waals surface area (Å²) in [7, 11) is 0. The average Bonchev–Trinajstić information content (AvgIpc) is 3.08. The van der Waals surface area contributed by atoms with Gasteiger partial charge in [0, 0.05) is 11.1 Å². The highest BCUT2D eigenvalue weighted by atomic mass is 35.5. The minimum atomic E-state index is -4.38. The number of H-pyrrole nitrogens is 1. The highest BCUT2D eigenvalue weighted by Gasteiger charge is 2.29. The van der Waals surface area contributed by atoms with E-state index < -0.39 is 17.6 Å². The summed E-state index contributed by atoms with van der Waals surface area (Å²) in [5.41, 5.74) is 1.80. The Morgan fingerprint density at radius 3 is 2.28 bits per heavy atom. The predicted octanol–water partition coefficient (Wildman–Crippen LogP) is 6.44. The smallest absolute Gasteiger partial charge is 0.338 e. The molecule has 4 rings (SSSR count). The lowest BCUT2D eigenvalue weighted by molar-refractivity contribution is -0.137. The number of aromatic amines is 1. The zero-order valence-electron chi connectivity index (χ0n) is 14.6. The fraction of sp³-hybridized carbons (Fsp3) is 0.0455. The van der Waals surface area contributed by atoms with Gasteiger partial charge in [0.15, 0.2) is 0 Å². The Morgan fingerprint density at radius 1 is 0.897 bits per heavy atom. The van der Waals surface area contributed by atoms with Gasteiger partial charge in [-0.25, -0.2) is 9.37 Å². The van der Waals surface area contributed by atoms with Crippen LogP contribution in [-0.4, -0.2) is 9.97 Å². The van der Waals surface area contributed by atoms with E-state index in [-0.39, 0.29) is 10.6 Å². The molecule has 29 heavy (non-hydrogen) atoms. The molecule has 0 bridgehead atoms. The second-order valence-corrected chi connectivity index (χ2v) is 6.65. The number of nitrogens with zero attached hydrogens (tertiary/aromatic N) is 1. The van der Waals surface area contributed by atoms with Crippen molar-refractivity contribution < 1.29 is 17.6 Å². The first kappa shape index (κ1) is 19.0. The summed E-state index contributed by atoms with van der Waals surface area (Å²) in [6, 6.07) is 14.2. The van der Waals surface area contributed by atoms with Crippen molar-refractivity contribution in [2.75, 3.05) is 0 Å². The van der Waals surface area contributed by atoms with E-state index in [1.165, 1.54) is 24.3 Å². The molecule has 1 heterocycles. The molecule has 4 aromatic rings. The lowest BCUT2D eigenvalue weighted by Crippen LogP contribution is -2.04. The number of alkyl halides is 3. The molecule has 1 N–H and O–H groups in total. The molecule has 0 fully saturated rings. The molecule has 1 aromatic heterocycles. The summed E-state index contributed by atoms with van der Waals surface area (Å²) in [6.45, 7) is 0. The van der Waals surface area contributed by atoms with Gasteiger partial charge in [-0.2, -0.15) is 13.2 Å². The number of hydrogen-bond acceptors (Lipinski definition) is 1. The van der Waals surface area contributed by atoms with Crippen LogP contribution in [0.15, 0.2) is 60.7 Å². The molecular weight excluding hydrogens is 404 g/mol. The molecule has 0 spiro atoms. The van der Waals surface area contributed by atoms with Crippen LogP contribution in [0.3, 0.4) is 0 Å². The van der Waals surface area contributed by atoms with Gasteiger partial charge < -0.3 is 4.98 Å². The number of benzene rings is 3. The Bertz CT molecular complexity index is 1240. The van der Waals surface area contributed by atoms with Gasteiger partial charge >= 0.3 is 6.18 Å². The number of hydrogen-bond donors (Lipinski definition) is 1. The second-order valence-electron chi connectivity index (χ2n) is 6.24. The Hall–Kier alpha value is -3.30. The zero-order chi connectivity index (χ0) is 20.6. The van der Waals surface area contributed by atoms with Crippen LogP contribution in [0.2, 0.25) is 5.02 Å². The number of rotatable bonds is 1. The Kier molecular flexibility index (Phi) is 4.77. The van der Waals surface area contributed by atoms with Gasteiger partial charge in [-0.3, -0.25) is 0 Å². The van der Waals surface area contributed by atoms with Gasteiger partial charge in [-0.05, 0) is 54.6 Å². The molecule has 0 aliphatic heterocycles. The van der Waals surface area contributed by atoms with Crippen LogP contribution in [0.5, 0.6) is 0 Å². The fourth-order valence-electron chi connectivity index (χ4n) is 2.82. The summed E-state index contributed by atoms with van der Waals surface area (Å²) in [4.78, 5) is 7.39. The van der Waals surface area contributed by atoms with Crippen molar-refractivity contribution >= 4 is 22.6 Å². The SMILES string of the molecule is Fc1cccc(Cl)c1-c1nc2ccc(C#Cc3ccc(C(F)(F)F)cc3)cc2[nH]1. The van der Waals surface area contributed by atoms with Crippen LogP contribution >= 0.6 is 11.6 Å². The number of nitrogens with one attached hydrogen (secondary N) is 1. The van der Waals surface area contributed by atoms with Crippen LogP contribution in [0.25, 0.3) is 22.4 Å². The Morgan fingerprint density at radius 2 is 1.59 bits per heavy atom. The Balaban J connectivity index is 1.65. The molecule has 0 atom stereocenters. The maximum absolute atomic E-state index is 14.1. The molecule has 0 saturated heterocycles. The molecule has 3 aromatic carbocycles. The van der Waals surface area contributed by atoms with E-state index in [2.05, 4.69) is 21.8 Å². The van der Waals surface area contributed by atoms with E-state index in [0.29, 0.717) is 28.0 Å². The van der Waals surface area contributed by atoms with Crippen LogP contribution in [0.4, 0.5) is 17.6 Å². The van der Waals surface area contributed by atoms with Crippen molar-refractivity contribution in [3.8, 4) is 23.2 Å². The second kappa shape index (κ2) is 7.26. The van der Waals surface area contributed by atoms with E-state index in [1.807, 2.05) is 0 Å². The maximum atomic E-state index is 14.1. The van der Waals surface area contributed by atoms with Crippen LogP contribution < -0.4 is 0 Å². The molecule has 0 saturated carbocycles. The normalized spacial score (nSPS) is 11.3. The van der Waals surface area contributed by atoms with Gasteiger partial charge in [0.05, 0.1) is 27.2 Å². The molecular formula is C22H11ClF4N2. The van der Waals surface area contributed by atoms with E-state index in [4.69, 9.17) is 11.6 Å². The van der Waals surface area contributed by atoms with Crippen molar-refractivity contribution in [2.24, 2.45) is 0 Å². The summed E-state index contributed by atoms with van der Waals surface area (Å²) < 4.78 is 52.0. The summed E-state index contributed by atoms with van der Waals surface area (Å²) in [5.74, 6) is 5.55. The lowest BCUT2D eigenvalue weighted by atomic mass is 10.1. The van der Waals surface area contributed by atoms with Crippen LogP contribution in [0.1, 0.15) is 16.7 Å². The van der Waals surface area contributed by atoms with Crippen molar-refractivity contribution in [3.05, 3.63) is 88.2 Å². The minimum absolute atomic E-state index is 0.183. The first-order chi connectivity index (χ1) is 13.8. The number of halogens is 5. The third-order valence-electron chi connectivity index (χ3n) is 4.24. The average molecular weight is 415 g/mol. The van der Waals surface area contributed by atoms with Crippen LogP contribution in [-0.2, 0) is 6.18 Å². The van der Waals surface area contributed by atoms with Crippen molar-refractivity contribution in [3.63, 3.8) is 0 Å². The molecule has 144 valence electrons. The quantitative estimate of drug-likeness (QED) is 0.282. The van der Waals surface area contributed by atoms with Gasteiger partial charge in [0.2, 0.25) is 0 Å². The van der Waals surface area contributed by atoms with Crippen molar-refractivity contribution in [2.45, 2.75) is 6.18 Å². The van der Waals surface area contributed by atoms with E-state index in [0.717, 1.165) is 12.1 Å². The maximum Gasteiger partial charge on any atom is 0.416 e. The number of aromatic nitrogens is 2. The lowest BCUT2D eigenvalue weighted by Gasteiger charge is -2.05. The molecule has 0 unspecified atom stereocenters. The molecule has 0 amide bonds. The summed E-state index contributed by atoms with van der Waals surface area (Å²) >= 11 is 6.09. The minimum Gasteiger partial charge on any atom is -0.338 e. The largest absolute Gasteiger partial charge is 0.416 e. The van der Waals surface area contributed by atoms with E-state index in [1.54, 1.807) is 24.3 Å². The first-order valence-corrected chi connectivity index (χ1v) is 8.82. The van der Waals surface area contributed by atoms with Crippen molar-refractivity contribution in [1.29, 1.82) is 0 Å². The third kappa shape index (κ3) is 3.96. The van der Waals surface area contributed by atoms with Crippen molar-refractivity contribution in [1.82, 2.24) is 9.97 Å². The Labute approximate surface area is 168 Å². The molecule has 0 aliphatic carbocycles. The first-order valence-electron chi connectivity index (χ1n) is 8.45. The van der Waals surface area contributed by atoms with Gasteiger partial charge in [0.25, 0.3) is 0 Å². The predicted molar refractivity (Wildman–Crippen MR) is 104 cm³/mol. The highest BCUT2D eigenvalue weighted by molar-refractivity contribution is 6.33. The standard InChI is InChI=1S/C22H11ClF4N2/c23-16-2-1-3-17(24)20(16)21-28-18-11-8-14(12-19(18)29-21)5-4-13-6-9-15(10-7-13)22(25,26)27/h1-3,6-12H,(H,28,29). The molecule has 2 nitrogen and oxygen atoms in total. The monoisotopic (exact) mass is 414 g/mol. The molecule has 7 heteroatoms. The van der Waals surface area contributed by atoms with Crippen LogP contribution in [0, 0.1) is 17.7 Å².